The third kappa shape index (κ3) is 1.85. The third-order valence-corrected chi connectivity index (χ3v) is 3.79. The lowest BCUT2D eigenvalue weighted by atomic mass is 9.96. The zero-order chi connectivity index (χ0) is 12.5. The van der Waals surface area contributed by atoms with E-state index in [4.69, 9.17) is 10.2 Å². The van der Waals surface area contributed by atoms with Crippen LogP contribution in [-0.4, -0.2) is 4.98 Å². The van der Waals surface area contributed by atoms with Crippen LogP contribution in [0.15, 0.2) is 34.9 Å². The Labute approximate surface area is 107 Å². The van der Waals surface area contributed by atoms with Gasteiger partial charge in [-0.1, -0.05) is 13.0 Å². The maximum absolute atomic E-state index is 6.35. The van der Waals surface area contributed by atoms with Gasteiger partial charge in [-0.3, -0.25) is 4.98 Å². The van der Waals surface area contributed by atoms with Gasteiger partial charge in [0.25, 0.3) is 0 Å². The number of aromatic nitrogens is 1. The van der Waals surface area contributed by atoms with Crippen molar-refractivity contribution in [1.29, 1.82) is 0 Å². The maximum Gasteiger partial charge on any atom is 0.121 e. The Morgan fingerprint density at radius 2 is 2.33 bits per heavy atom. The van der Waals surface area contributed by atoms with Gasteiger partial charge >= 0.3 is 0 Å². The Morgan fingerprint density at radius 3 is 3.11 bits per heavy atom. The summed E-state index contributed by atoms with van der Waals surface area (Å²) in [6, 6.07) is 8.08. The standard InChI is InChI=1S/C15H18N2O/c1-2-11-6-8-13(18-11)14(16)12-7-5-10-4-3-9-17-15(10)12/h3-4,6,8-9,12,14H,2,5,7,16H2,1H3. The van der Waals surface area contributed by atoms with Gasteiger partial charge in [-0.15, -0.1) is 0 Å². The number of aryl methyl sites for hydroxylation is 2. The molecule has 3 nitrogen and oxygen atoms in total. The van der Waals surface area contributed by atoms with E-state index < -0.39 is 0 Å². The van der Waals surface area contributed by atoms with Gasteiger partial charge < -0.3 is 10.2 Å². The molecule has 1 aliphatic rings. The minimum Gasteiger partial charge on any atom is -0.464 e. The van der Waals surface area contributed by atoms with Gasteiger partial charge in [0.15, 0.2) is 0 Å². The zero-order valence-corrected chi connectivity index (χ0v) is 10.6. The highest BCUT2D eigenvalue weighted by atomic mass is 16.3. The fourth-order valence-corrected chi connectivity index (χ4v) is 2.76. The Bertz CT molecular complexity index is 547. The molecule has 0 saturated heterocycles. The maximum atomic E-state index is 6.35. The van der Waals surface area contributed by atoms with Crippen LogP contribution in [0, 0.1) is 0 Å². The van der Waals surface area contributed by atoms with E-state index >= 15 is 0 Å². The van der Waals surface area contributed by atoms with Gasteiger partial charge in [0, 0.05) is 24.2 Å². The molecule has 2 N–H and O–H groups in total. The van der Waals surface area contributed by atoms with Crippen LogP contribution in [0.3, 0.4) is 0 Å². The predicted octanol–water partition coefficient (Wildman–Crippen LogP) is 2.97. The van der Waals surface area contributed by atoms with E-state index in [-0.39, 0.29) is 12.0 Å². The molecule has 0 aliphatic heterocycles. The van der Waals surface area contributed by atoms with E-state index in [0.29, 0.717) is 0 Å². The highest BCUT2D eigenvalue weighted by molar-refractivity contribution is 5.31. The highest BCUT2D eigenvalue weighted by Gasteiger charge is 2.31. The van der Waals surface area contributed by atoms with Crippen LogP contribution in [0.5, 0.6) is 0 Å². The first-order valence-corrected chi connectivity index (χ1v) is 6.57. The second-order valence-electron chi connectivity index (χ2n) is 4.88. The summed E-state index contributed by atoms with van der Waals surface area (Å²) in [6.07, 6.45) is 4.90. The summed E-state index contributed by atoms with van der Waals surface area (Å²) in [7, 11) is 0. The van der Waals surface area contributed by atoms with Gasteiger partial charge in [0.2, 0.25) is 0 Å². The molecule has 2 aromatic rings. The van der Waals surface area contributed by atoms with E-state index in [1.165, 1.54) is 5.56 Å². The molecule has 1 aliphatic carbocycles. The third-order valence-electron chi connectivity index (χ3n) is 3.79. The molecular formula is C15H18N2O. The SMILES string of the molecule is CCc1ccc(C(N)C2CCc3cccnc32)o1. The van der Waals surface area contributed by atoms with Crippen molar-refractivity contribution in [2.24, 2.45) is 5.73 Å². The molecule has 18 heavy (non-hydrogen) atoms. The number of rotatable bonds is 3. The van der Waals surface area contributed by atoms with Gasteiger partial charge in [-0.05, 0) is 36.6 Å². The number of pyridine rings is 1. The van der Waals surface area contributed by atoms with Crippen molar-refractivity contribution >= 4 is 0 Å². The number of nitrogens with zero attached hydrogens (tertiary/aromatic N) is 1. The normalized spacial score (nSPS) is 19.8. The smallest absolute Gasteiger partial charge is 0.121 e. The Hall–Kier alpha value is -1.61. The van der Waals surface area contributed by atoms with Crippen molar-refractivity contribution in [2.75, 3.05) is 0 Å². The quantitative estimate of drug-likeness (QED) is 0.900. The molecular weight excluding hydrogens is 224 g/mol. The molecule has 94 valence electrons. The van der Waals surface area contributed by atoms with Gasteiger partial charge in [0.05, 0.1) is 6.04 Å². The molecule has 0 saturated carbocycles. The minimum atomic E-state index is -0.0820. The zero-order valence-electron chi connectivity index (χ0n) is 10.6. The molecule has 2 atom stereocenters. The Morgan fingerprint density at radius 1 is 1.44 bits per heavy atom. The van der Waals surface area contributed by atoms with Crippen LogP contribution >= 0.6 is 0 Å². The van der Waals surface area contributed by atoms with Crippen LogP contribution in [0.2, 0.25) is 0 Å². The molecule has 3 heteroatoms. The van der Waals surface area contributed by atoms with E-state index in [9.17, 15) is 0 Å². The molecule has 2 aromatic heterocycles. The minimum absolute atomic E-state index is 0.0820. The summed E-state index contributed by atoms with van der Waals surface area (Å²) in [5.41, 5.74) is 8.84. The fraction of sp³-hybridized carbons (Fsp3) is 0.400. The average Bonchev–Trinajstić information content (AvgIpc) is 3.04. The molecule has 2 unspecified atom stereocenters. The van der Waals surface area contributed by atoms with Crippen molar-refractivity contribution in [3.8, 4) is 0 Å². The van der Waals surface area contributed by atoms with E-state index in [1.807, 2.05) is 24.4 Å². The van der Waals surface area contributed by atoms with Crippen LogP contribution < -0.4 is 5.73 Å². The van der Waals surface area contributed by atoms with E-state index in [2.05, 4.69) is 18.0 Å². The van der Waals surface area contributed by atoms with Crippen LogP contribution in [0.4, 0.5) is 0 Å². The first-order valence-electron chi connectivity index (χ1n) is 6.57. The molecule has 3 rings (SSSR count). The average molecular weight is 242 g/mol. The fourth-order valence-electron chi connectivity index (χ4n) is 2.76. The number of hydrogen-bond donors (Lipinski definition) is 1. The predicted molar refractivity (Wildman–Crippen MR) is 70.3 cm³/mol. The summed E-state index contributed by atoms with van der Waals surface area (Å²) >= 11 is 0. The summed E-state index contributed by atoms with van der Waals surface area (Å²) in [5, 5.41) is 0. The Kier molecular flexibility index (Phi) is 2.92. The highest BCUT2D eigenvalue weighted by Crippen LogP contribution is 2.39. The second-order valence-corrected chi connectivity index (χ2v) is 4.88. The van der Waals surface area contributed by atoms with Crippen LogP contribution in [0.25, 0.3) is 0 Å². The number of fused-ring (bicyclic) bond motifs is 1. The van der Waals surface area contributed by atoms with E-state index in [1.54, 1.807) is 0 Å². The molecule has 0 fully saturated rings. The first-order chi connectivity index (χ1) is 8.79. The van der Waals surface area contributed by atoms with Crippen molar-refractivity contribution in [1.82, 2.24) is 4.98 Å². The van der Waals surface area contributed by atoms with E-state index in [0.717, 1.165) is 36.5 Å². The lowest BCUT2D eigenvalue weighted by molar-refractivity contribution is 0.399. The molecule has 0 aromatic carbocycles. The Balaban J connectivity index is 1.88. The monoisotopic (exact) mass is 242 g/mol. The molecule has 0 bridgehead atoms. The number of hydrogen-bond acceptors (Lipinski definition) is 3. The molecule has 2 heterocycles. The summed E-state index contributed by atoms with van der Waals surface area (Å²) in [5.74, 6) is 2.17. The molecule has 0 amide bonds. The van der Waals surface area contributed by atoms with Crippen molar-refractivity contribution in [2.45, 2.75) is 38.1 Å². The first kappa shape index (κ1) is 11.5. The number of nitrogens with two attached hydrogens (primary N) is 1. The van der Waals surface area contributed by atoms with Crippen LogP contribution in [-0.2, 0) is 12.8 Å². The lowest BCUT2D eigenvalue weighted by Crippen LogP contribution is -2.18. The topological polar surface area (TPSA) is 52.0 Å². The van der Waals surface area contributed by atoms with Gasteiger partial charge in [-0.2, -0.15) is 0 Å². The van der Waals surface area contributed by atoms with Crippen molar-refractivity contribution < 1.29 is 4.42 Å². The number of furan rings is 1. The summed E-state index contributed by atoms with van der Waals surface area (Å²) < 4.78 is 5.77. The van der Waals surface area contributed by atoms with Gasteiger partial charge in [0.1, 0.15) is 11.5 Å². The second kappa shape index (κ2) is 4.58. The van der Waals surface area contributed by atoms with Gasteiger partial charge in [-0.25, -0.2) is 0 Å². The van der Waals surface area contributed by atoms with Crippen LogP contribution in [0.1, 0.15) is 48.1 Å². The summed E-state index contributed by atoms with van der Waals surface area (Å²) in [6.45, 7) is 2.08. The summed E-state index contributed by atoms with van der Waals surface area (Å²) in [4.78, 5) is 4.49. The van der Waals surface area contributed by atoms with Crippen molar-refractivity contribution in [3.63, 3.8) is 0 Å². The van der Waals surface area contributed by atoms with Crippen molar-refractivity contribution in [3.05, 3.63) is 53.2 Å². The molecule has 0 spiro atoms. The largest absolute Gasteiger partial charge is 0.464 e. The molecule has 0 radical (unpaired) electrons. The lowest BCUT2D eigenvalue weighted by Gasteiger charge is -2.17.